The molecule has 2 unspecified atom stereocenters. The van der Waals surface area contributed by atoms with Crippen molar-refractivity contribution in [1.82, 2.24) is 150 Å². The SMILES string of the molecule is Nc1nc(N)nc(N)n1.Nc1nc(N)nc(N)n1.Nc1nc(N)nc(N)n1.Nc1nc(N)nc(N)n1.Nc1nc(N)nc(N)n1.Nc1nc(N)nc(N)n1.Nc1nc(N)nc(N)n1.Nc1nc(N)nc(N)n1.Nc1nc(N)nc(N)n1.Nc1nc(N)nc(N)n1.O=P(O)(O)OP(=O)(O)OP(=O)(O)O.O=P(O)(O)OP(=O)(O)OP(=O)(O)OP(=O)(O)OP(=O)(O)O. The Balaban J connectivity index is 0. The number of nitrogen functional groups attached to an aromatic ring is 30. The van der Waals surface area contributed by atoms with Gasteiger partial charge in [0.15, 0.2) is 0 Å². The second-order valence-electron chi connectivity index (χ2n) is 18.4. The summed E-state index contributed by atoms with van der Waals surface area (Å²) in [5.74, 6) is 1.25. The molecule has 0 radical (unpaired) electrons. The highest BCUT2D eigenvalue weighted by atomic mass is 31.3. The van der Waals surface area contributed by atoms with E-state index in [9.17, 15) is 36.5 Å². The Hall–Kier alpha value is -14.8. The van der Waals surface area contributed by atoms with Crippen LogP contribution in [0, 0.1) is 0 Å². The third-order valence-corrected chi connectivity index (χ3v) is 18.1. The molecular formula is C30H72N60O26P8. The zero-order chi connectivity index (χ0) is 96.8. The number of rotatable bonds is 12. The van der Waals surface area contributed by atoms with Gasteiger partial charge in [-0.1, -0.05) is 0 Å². The first-order valence-electron chi connectivity index (χ1n) is 28.1. The molecular weight excluding hydrogens is 1860 g/mol. The first-order chi connectivity index (χ1) is 56.1. The molecule has 0 aromatic carbocycles. The van der Waals surface area contributed by atoms with Crippen molar-refractivity contribution in [1.29, 1.82) is 0 Å². The molecule has 0 spiro atoms. The summed E-state index contributed by atoms with van der Waals surface area (Å²) in [6, 6.07) is 0. The van der Waals surface area contributed by atoms with E-state index in [0.29, 0.717) is 0 Å². The molecule has 10 heterocycles. The van der Waals surface area contributed by atoms with Crippen molar-refractivity contribution in [3.05, 3.63) is 0 Å². The van der Waals surface area contributed by atoms with Crippen LogP contribution in [-0.4, -0.2) is 208 Å². The van der Waals surface area contributed by atoms with Crippen molar-refractivity contribution in [2.75, 3.05) is 172 Å². The van der Waals surface area contributed by atoms with E-state index in [-0.39, 0.29) is 178 Å². The maximum absolute atomic E-state index is 11.0. The maximum Gasteiger partial charge on any atom is 0.490 e. The zero-order valence-corrected chi connectivity index (χ0v) is 67.6. The Kier molecular flexibility index (Phi) is 44.0. The Morgan fingerprint density at radius 2 is 0.169 bits per heavy atom. The van der Waals surface area contributed by atoms with Gasteiger partial charge in [-0.15, -0.1) is 0 Å². The molecule has 0 fully saturated rings. The van der Waals surface area contributed by atoms with E-state index in [4.69, 9.17) is 231 Å². The third-order valence-electron chi connectivity index (χ3n) is 8.12. The molecule has 0 aliphatic rings. The van der Waals surface area contributed by atoms with Crippen molar-refractivity contribution in [2.45, 2.75) is 0 Å². The quantitative estimate of drug-likeness (QED) is 0.0505. The molecule has 10 aromatic rings. The van der Waals surface area contributed by atoms with Crippen LogP contribution in [-0.2, 0) is 62.4 Å². The van der Waals surface area contributed by atoms with Gasteiger partial charge in [0, 0.05) is 0 Å². The lowest BCUT2D eigenvalue weighted by atomic mass is 10.9. The van der Waals surface area contributed by atoms with Crippen molar-refractivity contribution < 1.29 is 121 Å². The second-order valence-corrected chi connectivity index (χ2v) is 30.0. The second kappa shape index (κ2) is 49.1. The normalized spacial score (nSPS) is 12.0. The maximum atomic E-state index is 11.0. The van der Waals surface area contributed by atoms with Crippen molar-refractivity contribution in [3.8, 4) is 0 Å². The van der Waals surface area contributed by atoms with Gasteiger partial charge in [-0.2, -0.15) is 175 Å². The largest absolute Gasteiger partial charge is 0.490 e. The van der Waals surface area contributed by atoms with Crippen molar-refractivity contribution >= 4 is 241 Å². The van der Waals surface area contributed by atoms with Crippen molar-refractivity contribution in [2.24, 2.45) is 0 Å². The minimum atomic E-state index is -6.07. The fraction of sp³-hybridized carbons (Fsp3) is 0. The third kappa shape index (κ3) is 60.7. The van der Waals surface area contributed by atoms with E-state index in [1.54, 1.807) is 0 Å². The van der Waals surface area contributed by atoms with E-state index < -0.39 is 62.6 Å². The van der Waals surface area contributed by atoms with Crippen LogP contribution in [0.15, 0.2) is 0 Å². The first-order valence-corrected chi connectivity index (χ1v) is 40.2. The van der Waals surface area contributed by atoms with E-state index in [0.717, 1.165) is 0 Å². The molecule has 94 heteroatoms. The number of aromatic nitrogens is 30. The molecule has 0 saturated carbocycles. The topological polar surface area (TPSA) is 1600 Å². The minimum absolute atomic E-state index is 0.0417. The van der Waals surface area contributed by atoms with Crippen molar-refractivity contribution in [3.63, 3.8) is 0 Å². The predicted molar refractivity (Wildman–Crippen MR) is 425 cm³/mol. The summed E-state index contributed by atoms with van der Waals surface area (Å²) in [7, 11) is -45.5. The van der Waals surface area contributed by atoms with Gasteiger partial charge in [-0.25, -0.2) is 36.5 Å². The molecule has 10 rings (SSSR count). The number of phosphoric acid groups is 8. The molecule has 688 valence electrons. The molecule has 86 nitrogen and oxygen atoms in total. The molecule has 2 atom stereocenters. The van der Waals surface area contributed by atoms with Gasteiger partial charge in [-0.3, -0.25) is 0 Å². The molecule has 0 aliphatic heterocycles. The molecule has 0 amide bonds. The van der Waals surface area contributed by atoms with Crippen LogP contribution < -0.4 is 172 Å². The van der Waals surface area contributed by atoms with Crippen LogP contribution >= 0.6 is 62.6 Å². The van der Waals surface area contributed by atoms with E-state index in [1.807, 2.05) is 0 Å². The highest BCUT2D eigenvalue weighted by molar-refractivity contribution is 7.71. The summed E-state index contributed by atoms with van der Waals surface area (Å²) in [6.07, 6.45) is 0. The number of nitrogens with zero attached hydrogens (tertiary/aromatic N) is 30. The number of hydrogen-bond acceptors (Lipinski definition) is 74. The molecule has 10 aromatic heterocycles. The van der Waals surface area contributed by atoms with Gasteiger partial charge in [0.05, 0.1) is 0 Å². The minimum Gasteiger partial charge on any atom is -0.368 e. The highest BCUT2D eigenvalue weighted by Crippen LogP contribution is 2.73. The zero-order valence-electron chi connectivity index (χ0n) is 60.4. The number of nitrogens with two attached hydrogens (primary N) is 30. The van der Waals surface area contributed by atoms with Gasteiger partial charge >= 0.3 is 62.6 Å². The summed E-state index contributed by atoms with van der Waals surface area (Å²) in [6.45, 7) is 0. The summed E-state index contributed by atoms with van der Waals surface area (Å²) in [5, 5.41) is 0. The molecule has 72 N–H and O–H groups in total. The standard InChI is InChI=1S/10C3H6N6.H7O16P5.H5O10P3/c10*4-1-7-2(5)9-3(6)8-1;1-17(2,3)13-19(7,8)15-21(11,12)16-20(9,10)14-18(4,5)6;1-11(2,3)9-13(7,8)10-12(4,5)6/h10*(H6,4,5,6,7,8,9);(H,7,8)(H,9,10)(H,11,12)(H2,1,2,3)(H2,4,5,6);(H,7,8)(H2,1,2,3)(H2,4,5,6). The first kappa shape index (κ1) is 111. The fourth-order valence-corrected chi connectivity index (χ4v) is 13.1. The van der Waals surface area contributed by atoms with Gasteiger partial charge in [0.2, 0.25) is 178 Å². The van der Waals surface area contributed by atoms with E-state index in [2.05, 4.69) is 175 Å². The van der Waals surface area contributed by atoms with Gasteiger partial charge < -0.3 is 231 Å². The van der Waals surface area contributed by atoms with Crippen LogP contribution in [0.1, 0.15) is 0 Å². The number of hydrogen-bond donors (Lipinski definition) is 42. The van der Waals surface area contributed by atoms with Crippen LogP contribution in [0.25, 0.3) is 0 Å². The average Bonchev–Trinajstić information content (AvgIpc) is 0.814. The monoisotopic (exact) mass is 1940 g/mol. The van der Waals surface area contributed by atoms with Gasteiger partial charge in [-0.05, 0) is 0 Å². The Morgan fingerprint density at radius 3 is 0.226 bits per heavy atom. The van der Waals surface area contributed by atoms with Crippen LogP contribution in [0.3, 0.4) is 0 Å². The molecule has 0 aliphatic carbocycles. The Labute approximate surface area is 681 Å². The lowest BCUT2D eigenvalue weighted by Crippen LogP contribution is -2.05. The summed E-state index contributed by atoms with van der Waals surface area (Å²) in [4.78, 5) is 204. The highest BCUT2D eigenvalue weighted by Gasteiger charge is 2.47. The molecule has 124 heavy (non-hydrogen) atoms. The molecule has 0 saturated heterocycles. The fourth-order valence-electron chi connectivity index (χ4n) is 5.13. The average molecular weight is 1940 g/mol. The van der Waals surface area contributed by atoms with Gasteiger partial charge in [0.1, 0.15) is 0 Å². The van der Waals surface area contributed by atoms with Crippen LogP contribution in [0.2, 0.25) is 0 Å². The van der Waals surface area contributed by atoms with E-state index >= 15 is 0 Å². The summed E-state index contributed by atoms with van der Waals surface area (Å²) in [5.41, 5.74) is 154. The molecule has 0 bridgehead atoms. The predicted octanol–water partition coefficient (Wildman–Crippen LogP) is -15.0. The lowest BCUT2D eigenvalue weighted by molar-refractivity contribution is 0.185. The lowest BCUT2D eigenvalue weighted by Gasteiger charge is -2.18. The Morgan fingerprint density at radius 1 is 0.121 bits per heavy atom. The van der Waals surface area contributed by atoms with Gasteiger partial charge in [0.25, 0.3) is 0 Å². The number of anilines is 30. The smallest absolute Gasteiger partial charge is 0.368 e. The Bertz CT molecular complexity index is 4150. The van der Waals surface area contributed by atoms with Crippen LogP contribution in [0.5, 0.6) is 0 Å². The van der Waals surface area contributed by atoms with E-state index in [1.165, 1.54) is 0 Å². The summed E-state index contributed by atoms with van der Waals surface area (Å²) < 4.78 is 102. The van der Waals surface area contributed by atoms with Crippen LogP contribution in [0.4, 0.5) is 178 Å². The summed E-state index contributed by atoms with van der Waals surface area (Å²) >= 11 is 0.